The Balaban J connectivity index is 2.31. The van der Waals surface area contributed by atoms with Gasteiger partial charge in [-0.05, 0) is 18.7 Å². The number of rotatable bonds is 7. The number of aliphatic hydroxyl groups is 1. The summed E-state index contributed by atoms with van der Waals surface area (Å²) in [5.41, 5.74) is 1.15. The van der Waals surface area contributed by atoms with Crippen molar-refractivity contribution in [1.82, 2.24) is 14.9 Å². The van der Waals surface area contributed by atoms with Gasteiger partial charge in [0.2, 0.25) is 0 Å². The summed E-state index contributed by atoms with van der Waals surface area (Å²) in [6.07, 6.45) is 3.24. The first-order chi connectivity index (χ1) is 10.2. The van der Waals surface area contributed by atoms with Crippen molar-refractivity contribution in [2.24, 2.45) is 0 Å². The molecule has 0 amide bonds. The van der Waals surface area contributed by atoms with Gasteiger partial charge in [-0.2, -0.15) is 0 Å². The molecule has 2 heterocycles. The average molecular weight is 307 g/mol. The number of likely N-dealkylation sites (N-methyl/N-ethyl adjacent to an activating group) is 1. The zero-order valence-corrected chi connectivity index (χ0v) is 12.5. The standard InChI is InChI=1S/C14H17N3O3S/c1-2-17(6-7-18)9-11-16-12(13(21-11)14(19)20)10-4-3-5-15-8-10/h3-5,8,18H,2,6-7,9H2,1H3,(H,19,20). The van der Waals surface area contributed by atoms with Crippen molar-refractivity contribution in [1.29, 1.82) is 0 Å². The quantitative estimate of drug-likeness (QED) is 0.810. The zero-order chi connectivity index (χ0) is 15.2. The van der Waals surface area contributed by atoms with Crippen LogP contribution in [0, 0.1) is 0 Å². The van der Waals surface area contributed by atoms with Crippen LogP contribution in [0.5, 0.6) is 0 Å². The largest absolute Gasteiger partial charge is 0.477 e. The fourth-order valence-electron chi connectivity index (χ4n) is 1.96. The maximum absolute atomic E-state index is 11.4. The third-order valence-electron chi connectivity index (χ3n) is 3.02. The molecule has 0 saturated carbocycles. The maximum atomic E-state index is 11.4. The Labute approximate surface area is 126 Å². The minimum absolute atomic E-state index is 0.0699. The first-order valence-corrected chi connectivity index (χ1v) is 7.44. The third-order valence-corrected chi connectivity index (χ3v) is 4.05. The van der Waals surface area contributed by atoms with Crippen molar-refractivity contribution in [3.8, 4) is 11.3 Å². The lowest BCUT2D eigenvalue weighted by atomic mass is 10.2. The molecule has 21 heavy (non-hydrogen) atoms. The molecule has 2 N–H and O–H groups in total. The second-order valence-electron chi connectivity index (χ2n) is 4.42. The van der Waals surface area contributed by atoms with Crippen LogP contribution in [0.15, 0.2) is 24.5 Å². The van der Waals surface area contributed by atoms with Gasteiger partial charge in [0, 0.05) is 24.5 Å². The van der Waals surface area contributed by atoms with Crippen LogP contribution in [0.2, 0.25) is 0 Å². The van der Waals surface area contributed by atoms with Crippen molar-refractivity contribution in [3.63, 3.8) is 0 Å². The van der Waals surface area contributed by atoms with Crippen LogP contribution in [0.25, 0.3) is 11.3 Å². The first kappa shape index (κ1) is 15.6. The highest BCUT2D eigenvalue weighted by Gasteiger charge is 2.19. The van der Waals surface area contributed by atoms with E-state index >= 15 is 0 Å². The molecule has 0 aliphatic heterocycles. The molecule has 7 heteroatoms. The Hall–Kier alpha value is -1.83. The van der Waals surface area contributed by atoms with Gasteiger partial charge in [0.1, 0.15) is 9.88 Å². The molecule has 0 radical (unpaired) electrons. The predicted octanol–water partition coefficient (Wildman–Crippen LogP) is 1.72. The van der Waals surface area contributed by atoms with Gasteiger partial charge < -0.3 is 10.2 Å². The van der Waals surface area contributed by atoms with E-state index in [2.05, 4.69) is 9.97 Å². The highest BCUT2D eigenvalue weighted by Crippen LogP contribution is 2.28. The van der Waals surface area contributed by atoms with Gasteiger partial charge in [-0.25, -0.2) is 9.78 Å². The number of hydrogen-bond donors (Lipinski definition) is 2. The van der Waals surface area contributed by atoms with E-state index in [1.807, 2.05) is 11.8 Å². The van der Waals surface area contributed by atoms with E-state index in [-0.39, 0.29) is 11.5 Å². The normalized spacial score (nSPS) is 11.0. The fourth-order valence-corrected chi connectivity index (χ4v) is 2.92. The van der Waals surface area contributed by atoms with E-state index in [1.54, 1.807) is 24.5 Å². The molecule has 112 valence electrons. The molecular formula is C14H17N3O3S. The van der Waals surface area contributed by atoms with Gasteiger partial charge in [0.05, 0.1) is 18.8 Å². The predicted molar refractivity (Wildman–Crippen MR) is 80.3 cm³/mol. The van der Waals surface area contributed by atoms with Crippen molar-refractivity contribution >= 4 is 17.3 Å². The number of pyridine rings is 1. The van der Waals surface area contributed by atoms with Crippen LogP contribution in [-0.2, 0) is 6.54 Å². The molecule has 2 rings (SSSR count). The number of hydrogen-bond acceptors (Lipinski definition) is 6. The molecule has 0 unspecified atom stereocenters. The molecule has 0 aliphatic rings. The summed E-state index contributed by atoms with van der Waals surface area (Å²) in [4.78, 5) is 22.1. The minimum Gasteiger partial charge on any atom is -0.477 e. The molecular weight excluding hydrogens is 290 g/mol. The van der Waals surface area contributed by atoms with E-state index in [0.29, 0.717) is 24.3 Å². The van der Waals surface area contributed by atoms with Crippen LogP contribution in [0.1, 0.15) is 21.6 Å². The van der Waals surface area contributed by atoms with Crippen LogP contribution in [0.3, 0.4) is 0 Å². The molecule has 0 bridgehead atoms. The van der Waals surface area contributed by atoms with E-state index in [0.717, 1.165) is 11.6 Å². The van der Waals surface area contributed by atoms with Gasteiger partial charge in [-0.3, -0.25) is 9.88 Å². The van der Waals surface area contributed by atoms with Gasteiger partial charge in [-0.1, -0.05) is 6.92 Å². The van der Waals surface area contributed by atoms with Crippen LogP contribution >= 0.6 is 11.3 Å². The molecule has 0 spiro atoms. The lowest BCUT2D eigenvalue weighted by molar-refractivity contribution is 0.0702. The summed E-state index contributed by atoms with van der Waals surface area (Å²) in [7, 11) is 0. The second-order valence-corrected chi connectivity index (χ2v) is 5.51. The van der Waals surface area contributed by atoms with Crippen molar-refractivity contribution in [2.75, 3.05) is 19.7 Å². The zero-order valence-electron chi connectivity index (χ0n) is 11.7. The van der Waals surface area contributed by atoms with Crippen LogP contribution in [-0.4, -0.2) is 50.7 Å². The molecule has 2 aromatic rings. The number of aromatic carboxylic acids is 1. The van der Waals surface area contributed by atoms with Crippen molar-refractivity contribution in [3.05, 3.63) is 34.4 Å². The summed E-state index contributed by atoms with van der Waals surface area (Å²) in [6, 6.07) is 3.55. The monoisotopic (exact) mass is 307 g/mol. The summed E-state index contributed by atoms with van der Waals surface area (Å²) in [6.45, 7) is 3.90. The average Bonchev–Trinajstić information content (AvgIpc) is 2.92. The maximum Gasteiger partial charge on any atom is 0.348 e. The number of carbonyl (C=O) groups is 1. The molecule has 0 aliphatic carbocycles. The van der Waals surface area contributed by atoms with Crippen LogP contribution < -0.4 is 0 Å². The van der Waals surface area contributed by atoms with Crippen LogP contribution in [0.4, 0.5) is 0 Å². The lowest BCUT2D eigenvalue weighted by Gasteiger charge is -2.16. The Bertz CT molecular complexity index is 601. The van der Waals surface area contributed by atoms with E-state index in [4.69, 9.17) is 5.11 Å². The number of carboxylic acids is 1. The molecule has 0 fully saturated rings. The highest BCUT2D eigenvalue weighted by molar-refractivity contribution is 7.14. The van der Waals surface area contributed by atoms with Gasteiger partial charge in [0.25, 0.3) is 0 Å². The summed E-state index contributed by atoms with van der Waals surface area (Å²) >= 11 is 1.17. The smallest absolute Gasteiger partial charge is 0.348 e. The lowest BCUT2D eigenvalue weighted by Crippen LogP contribution is -2.25. The molecule has 2 aromatic heterocycles. The molecule has 0 saturated heterocycles. The van der Waals surface area contributed by atoms with E-state index in [1.165, 1.54) is 11.3 Å². The Morgan fingerprint density at radius 3 is 2.86 bits per heavy atom. The Morgan fingerprint density at radius 1 is 1.48 bits per heavy atom. The van der Waals surface area contributed by atoms with Crippen molar-refractivity contribution < 1.29 is 15.0 Å². The topological polar surface area (TPSA) is 86.5 Å². The molecule has 0 atom stereocenters. The SMILES string of the molecule is CCN(CCO)Cc1nc(-c2cccnc2)c(C(=O)O)s1. The van der Waals surface area contributed by atoms with Gasteiger partial charge in [-0.15, -0.1) is 11.3 Å². The summed E-state index contributed by atoms with van der Waals surface area (Å²) < 4.78 is 0. The number of carboxylic acid groups (broad SMARTS) is 1. The number of aliphatic hydroxyl groups excluding tert-OH is 1. The number of thiazole rings is 1. The molecule has 6 nitrogen and oxygen atoms in total. The molecule has 0 aromatic carbocycles. The highest BCUT2D eigenvalue weighted by atomic mass is 32.1. The minimum atomic E-state index is -0.984. The number of aromatic nitrogens is 2. The number of nitrogens with zero attached hydrogens (tertiary/aromatic N) is 3. The second kappa shape index (κ2) is 7.26. The Morgan fingerprint density at radius 2 is 2.29 bits per heavy atom. The van der Waals surface area contributed by atoms with Crippen molar-refractivity contribution in [2.45, 2.75) is 13.5 Å². The fraction of sp³-hybridized carbons (Fsp3) is 0.357. The van der Waals surface area contributed by atoms with Gasteiger partial charge >= 0.3 is 5.97 Å². The summed E-state index contributed by atoms with van der Waals surface area (Å²) in [5, 5.41) is 19.1. The van der Waals surface area contributed by atoms with Gasteiger partial charge in [0.15, 0.2) is 0 Å². The van der Waals surface area contributed by atoms with E-state index in [9.17, 15) is 9.90 Å². The Kier molecular flexibility index (Phi) is 5.38. The third kappa shape index (κ3) is 3.84. The first-order valence-electron chi connectivity index (χ1n) is 6.62. The summed E-state index contributed by atoms with van der Waals surface area (Å²) in [5.74, 6) is -0.984. The van der Waals surface area contributed by atoms with E-state index < -0.39 is 5.97 Å².